The summed E-state index contributed by atoms with van der Waals surface area (Å²) in [6.07, 6.45) is 0. The zero-order chi connectivity index (χ0) is 14.4. The number of halogens is 1. The maximum Gasteiger partial charge on any atom is 0.0238 e. The molecule has 2 N–H and O–H groups in total. The molecule has 0 unspecified atom stereocenters. The summed E-state index contributed by atoms with van der Waals surface area (Å²) in [6, 6.07) is 17.1. The van der Waals surface area contributed by atoms with Crippen LogP contribution in [0.5, 0.6) is 0 Å². The molecule has 2 nitrogen and oxygen atoms in total. The minimum absolute atomic E-state index is 0.680. The molecule has 0 amide bonds. The van der Waals surface area contributed by atoms with Crippen LogP contribution in [0.1, 0.15) is 16.7 Å². The van der Waals surface area contributed by atoms with E-state index in [2.05, 4.69) is 70.2 Å². The van der Waals surface area contributed by atoms with E-state index in [0.29, 0.717) is 6.54 Å². The van der Waals surface area contributed by atoms with Crippen molar-refractivity contribution in [2.45, 2.75) is 20.0 Å². The lowest BCUT2D eigenvalue weighted by Crippen LogP contribution is -2.28. The molecular weight excluding hydrogens is 312 g/mol. The Morgan fingerprint density at radius 3 is 2.35 bits per heavy atom. The van der Waals surface area contributed by atoms with Crippen LogP contribution in [-0.4, -0.2) is 18.0 Å². The Balaban J connectivity index is 2.06. The average Bonchev–Trinajstić information content (AvgIpc) is 2.44. The van der Waals surface area contributed by atoms with Gasteiger partial charge in [0.25, 0.3) is 0 Å². The van der Waals surface area contributed by atoms with Gasteiger partial charge >= 0.3 is 0 Å². The van der Waals surface area contributed by atoms with Crippen molar-refractivity contribution in [2.75, 3.05) is 13.1 Å². The largest absolute Gasteiger partial charge is 0.329 e. The summed E-state index contributed by atoms with van der Waals surface area (Å²) in [4.78, 5) is 2.38. The lowest BCUT2D eigenvalue weighted by molar-refractivity contribution is 0.264. The molecule has 106 valence electrons. The summed E-state index contributed by atoms with van der Waals surface area (Å²) in [7, 11) is 0. The first-order valence-corrected chi connectivity index (χ1v) is 7.69. The van der Waals surface area contributed by atoms with E-state index < -0.39 is 0 Å². The van der Waals surface area contributed by atoms with Crippen molar-refractivity contribution in [3.8, 4) is 0 Å². The van der Waals surface area contributed by atoms with Crippen LogP contribution in [0.15, 0.2) is 53.0 Å². The molecule has 0 fully saturated rings. The fraction of sp³-hybridized carbons (Fsp3) is 0.294. The van der Waals surface area contributed by atoms with Crippen LogP contribution >= 0.6 is 15.9 Å². The van der Waals surface area contributed by atoms with Crippen LogP contribution in [0, 0.1) is 6.92 Å². The van der Waals surface area contributed by atoms with E-state index >= 15 is 0 Å². The van der Waals surface area contributed by atoms with Crippen LogP contribution in [0.2, 0.25) is 0 Å². The van der Waals surface area contributed by atoms with Gasteiger partial charge in [-0.3, -0.25) is 4.90 Å². The quantitative estimate of drug-likeness (QED) is 0.873. The molecule has 0 aliphatic rings. The molecule has 0 atom stereocenters. The minimum Gasteiger partial charge on any atom is -0.329 e. The van der Waals surface area contributed by atoms with Crippen molar-refractivity contribution < 1.29 is 0 Å². The molecular formula is C17H21BrN2. The van der Waals surface area contributed by atoms with Gasteiger partial charge in [-0.15, -0.1) is 0 Å². The molecule has 2 aromatic carbocycles. The molecule has 0 bridgehead atoms. The SMILES string of the molecule is Cc1ccc(CN(CCN)Cc2ccccc2)cc1Br. The highest BCUT2D eigenvalue weighted by molar-refractivity contribution is 9.10. The molecule has 2 rings (SSSR count). The maximum absolute atomic E-state index is 5.74. The molecule has 0 aromatic heterocycles. The third-order valence-corrected chi connectivity index (χ3v) is 4.19. The predicted octanol–water partition coefficient (Wildman–Crippen LogP) is 3.72. The van der Waals surface area contributed by atoms with Crippen molar-refractivity contribution >= 4 is 15.9 Å². The number of nitrogens with zero attached hydrogens (tertiary/aromatic N) is 1. The molecule has 0 aliphatic carbocycles. The molecule has 0 aliphatic heterocycles. The Bertz CT molecular complexity index is 540. The van der Waals surface area contributed by atoms with E-state index in [1.807, 2.05) is 6.07 Å². The van der Waals surface area contributed by atoms with E-state index in [1.165, 1.54) is 21.2 Å². The van der Waals surface area contributed by atoms with E-state index in [9.17, 15) is 0 Å². The first-order valence-electron chi connectivity index (χ1n) is 6.90. The second-order valence-corrected chi connectivity index (χ2v) is 5.92. The highest BCUT2D eigenvalue weighted by Crippen LogP contribution is 2.19. The lowest BCUT2D eigenvalue weighted by atomic mass is 10.1. The minimum atomic E-state index is 0.680. The molecule has 0 saturated carbocycles. The van der Waals surface area contributed by atoms with E-state index in [0.717, 1.165) is 19.6 Å². The topological polar surface area (TPSA) is 29.3 Å². The van der Waals surface area contributed by atoms with Crippen molar-refractivity contribution in [1.29, 1.82) is 0 Å². The average molecular weight is 333 g/mol. The standard InChI is InChI=1S/C17H21BrN2/c1-14-7-8-16(11-17(14)18)13-20(10-9-19)12-15-5-3-2-4-6-15/h2-8,11H,9-10,12-13,19H2,1H3. The Hall–Kier alpha value is -1.16. The van der Waals surface area contributed by atoms with Crippen LogP contribution in [0.3, 0.4) is 0 Å². The number of hydrogen-bond acceptors (Lipinski definition) is 2. The van der Waals surface area contributed by atoms with Gasteiger partial charge in [0, 0.05) is 30.7 Å². The third kappa shape index (κ3) is 4.44. The zero-order valence-corrected chi connectivity index (χ0v) is 13.4. The summed E-state index contributed by atoms with van der Waals surface area (Å²) in [5.74, 6) is 0. The Morgan fingerprint density at radius 1 is 1.00 bits per heavy atom. The molecule has 3 heteroatoms. The lowest BCUT2D eigenvalue weighted by Gasteiger charge is -2.22. The second kappa shape index (κ2) is 7.58. The summed E-state index contributed by atoms with van der Waals surface area (Å²) in [6.45, 7) is 5.55. The fourth-order valence-electron chi connectivity index (χ4n) is 2.23. The third-order valence-electron chi connectivity index (χ3n) is 3.34. The molecule has 0 saturated heterocycles. The van der Waals surface area contributed by atoms with Gasteiger partial charge in [0.05, 0.1) is 0 Å². The molecule has 0 spiro atoms. The number of hydrogen-bond donors (Lipinski definition) is 1. The molecule has 0 heterocycles. The van der Waals surface area contributed by atoms with E-state index in [1.54, 1.807) is 0 Å². The van der Waals surface area contributed by atoms with Crippen LogP contribution in [-0.2, 0) is 13.1 Å². The van der Waals surface area contributed by atoms with Gasteiger partial charge in [-0.25, -0.2) is 0 Å². The monoisotopic (exact) mass is 332 g/mol. The van der Waals surface area contributed by atoms with Crippen molar-refractivity contribution in [2.24, 2.45) is 5.73 Å². The summed E-state index contributed by atoms with van der Waals surface area (Å²) in [5, 5.41) is 0. The van der Waals surface area contributed by atoms with Gasteiger partial charge in [-0.2, -0.15) is 0 Å². The van der Waals surface area contributed by atoms with Gasteiger partial charge < -0.3 is 5.73 Å². The predicted molar refractivity (Wildman–Crippen MR) is 88.5 cm³/mol. The van der Waals surface area contributed by atoms with E-state index in [4.69, 9.17) is 5.73 Å². The normalized spacial score (nSPS) is 11.0. The highest BCUT2D eigenvalue weighted by Gasteiger charge is 2.07. The van der Waals surface area contributed by atoms with Gasteiger partial charge in [-0.1, -0.05) is 58.4 Å². The molecule has 20 heavy (non-hydrogen) atoms. The van der Waals surface area contributed by atoms with Crippen LogP contribution in [0.4, 0.5) is 0 Å². The van der Waals surface area contributed by atoms with Gasteiger partial charge in [0.15, 0.2) is 0 Å². The Kier molecular flexibility index (Phi) is 5.77. The van der Waals surface area contributed by atoms with Gasteiger partial charge in [0.2, 0.25) is 0 Å². The fourth-order valence-corrected chi connectivity index (χ4v) is 2.66. The maximum atomic E-state index is 5.74. The highest BCUT2D eigenvalue weighted by atomic mass is 79.9. The first-order chi connectivity index (χ1) is 9.69. The number of benzene rings is 2. The van der Waals surface area contributed by atoms with Crippen molar-refractivity contribution in [3.63, 3.8) is 0 Å². The second-order valence-electron chi connectivity index (χ2n) is 5.07. The van der Waals surface area contributed by atoms with Crippen LogP contribution in [0.25, 0.3) is 0 Å². The molecule has 2 aromatic rings. The molecule has 0 radical (unpaired) electrons. The van der Waals surface area contributed by atoms with Crippen molar-refractivity contribution in [3.05, 3.63) is 69.7 Å². The number of aryl methyl sites for hydroxylation is 1. The number of nitrogens with two attached hydrogens (primary N) is 1. The smallest absolute Gasteiger partial charge is 0.0238 e. The number of rotatable bonds is 6. The zero-order valence-electron chi connectivity index (χ0n) is 11.8. The van der Waals surface area contributed by atoms with Crippen molar-refractivity contribution in [1.82, 2.24) is 4.90 Å². The van der Waals surface area contributed by atoms with Gasteiger partial charge in [-0.05, 0) is 29.7 Å². The van der Waals surface area contributed by atoms with E-state index in [-0.39, 0.29) is 0 Å². The Labute approximate surface area is 129 Å². The summed E-state index contributed by atoms with van der Waals surface area (Å²) < 4.78 is 1.17. The van der Waals surface area contributed by atoms with Crippen LogP contribution < -0.4 is 5.73 Å². The van der Waals surface area contributed by atoms with Gasteiger partial charge in [0.1, 0.15) is 0 Å². The Morgan fingerprint density at radius 2 is 1.70 bits per heavy atom. The first kappa shape index (κ1) is 15.2. The summed E-state index contributed by atoms with van der Waals surface area (Å²) in [5.41, 5.74) is 9.64. The summed E-state index contributed by atoms with van der Waals surface area (Å²) >= 11 is 3.60.